The third kappa shape index (κ3) is 2.20. The van der Waals surface area contributed by atoms with E-state index in [1.165, 1.54) is 27.8 Å². The first-order chi connectivity index (χ1) is 11.8. The highest BCUT2D eigenvalue weighted by atomic mass is 14.3. The Morgan fingerprint density at radius 3 is 2.42 bits per heavy atom. The monoisotopic (exact) mass is 314 g/mol. The molecule has 0 bridgehead atoms. The molecule has 0 atom stereocenters. The molecular weight excluding hydrogens is 288 g/mol. The maximum Gasteiger partial charge on any atom is -0.000719 e. The van der Waals surface area contributed by atoms with E-state index in [0.717, 1.165) is 32.1 Å². The SMILES string of the molecule is CCc1cc(C2=CC=CC2)c2c(c1CC)-c1c(CC)cccc1C2. The molecule has 0 heteroatoms. The van der Waals surface area contributed by atoms with Gasteiger partial charge in [0.1, 0.15) is 0 Å². The molecule has 0 aromatic heterocycles. The van der Waals surface area contributed by atoms with Crippen LogP contribution in [-0.2, 0) is 25.7 Å². The smallest absolute Gasteiger partial charge is 0.000719 e. The van der Waals surface area contributed by atoms with Gasteiger partial charge in [0, 0.05) is 0 Å². The number of hydrogen-bond acceptors (Lipinski definition) is 0. The molecule has 4 rings (SSSR count). The zero-order valence-corrected chi connectivity index (χ0v) is 15.1. The predicted octanol–water partition coefficient (Wildman–Crippen LogP) is 6.29. The maximum absolute atomic E-state index is 2.49. The van der Waals surface area contributed by atoms with E-state index in [9.17, 15) is 0 Å². The summed E-state index contributed by atoms with van der Waals surface area (Å²) in [5.74, 6) is 0. The molecule has 0 aliphatic heterocycles. The zero-order chi connectivity index (χ0) is 16.7. The molecule has 0 radical (unpaired) electrons. The van der Waals surface area contributed by atoms with Crippen LogP contribution in [0.4, 0.5) is 0 Å². The lowest BCUT2D eigenvalue weighted by atomic mass is 9.85. The van der Waals surface area contributed by atoms with Crippen LogP contribution in [-0.4, -0.2) is 0 Å². The Labute approximate surface area is 145 Å². The van der Waals surface area contributed by atoms with Crippen molar-refractivity contribution in [2.24, 2.45) is 0 Å². The molecule has 2 aliphatic rings. The number of fused-ring (bicyclic) bond motifs is 3. The number of hydrogen-bond donors (Lipinski definition) is 0. The zero-order valence-electron chi connectivity index (χ0n) is 15.1. The Kier molecular flexibility index (Phi) is 3.92. The van der Waals surface area contributed by atoms with E-state index in [1.807, 2.05) is 0 Å². The van der Waals surface area contributed by atoms with Crippen molar-refractivity contribution in [1.82, 2.24) is 0 Å². The molecule has 0 saturated carbocycles. The lowest BCUT2D eigenvalue weighted by Crippen LogP contribution is -2.01. The van der Waals surface area contributed by atoms with Crippen LogP contribution in [0.25, 0.3) is 16.7 Å². The molecule has 2 aliphatic carbocycles. The lowest BCUT2D eigenvalue weighted by molar-refractivity contribution is 1.03. The van der Waals surface area contributed by atoms with E-state index >= 15 is 0 Å². The second-order valence-corrected chi connectivity index (χ2v) is 6.93. The largest absolute Gasteiger partial charge is 0.0801 e. The van der Waals surface area contributed by atoms with Crippen molar-refractivity contribution in [3.63, 3.8) is 0 Å². The van der Waals surface area contributed by atoms with Crippen LogP contribution >= 0.6 is 0 Å². The molecule has 122 valence electrons. The second-order valence-electron chi connectivity index (χ2n) is 6.93. The van der Waals surface area contributed by atoms with E-state index in [1.54, 1.807) is 22.3 Å². The summed E-state index contributed by atoms with van der Waals surface area (Å²) in [4.78, 5) is 0. The highest BCUT2D eigenvalue weighted by Crippen LogP contribution is 2.46. The fraction of sp³-hybridized carbons (Fsp3) is 0.333. The van der Waals surface area contributed by atoms with E-state index in [2.05, 4.69) is 63.3 Å². The third-order valence-electron chi connectivity index (χ3n) is 5.72. The minimum atomic E-state index is 1.08. The van der Waals surface area contributed by atoms with Gasteiger partial charge in [-0.1, -0.05) is 63.3 Å². The quantitative estimate of drug-likeness (QED) is 0.531. The average molecular weight is 314 g/mol. The summed E-state index contributed by atoms with van der Waals surface area (Å²) in [6.07, 6.45) is 12.3. The van der Waals surface area contributed by atoms with Crippen LogP contribution < -0.4 is 0 Å². The standard InChI is InChI=1S/C24H26/c1-4-16-12-9-13-19-15-22-21(18-10-7-8-11-18)14-17(5-2)20(6-3)24(22)23(16)19/h7-10,12-14H,4-6,11,15H2,1-3H3. The van der Waals surface area contributed by atoms with Crippen LogP contribution in [0.1, 0.15) is 60.6 Å². The van der Waals surface area contributed by atoms with E-state index in [0.29, 0.717) is 0 Å². The van der Waals surface area contributed by atoms with E-state index in [-0.39, 0.29) is 0 Å². The molecule has 0 N–H and O–H groups in total. The van der Waals surface area contributed by atoms with E-state index < -0.39 is 0 Å². The third-order valence-corrected chi connectivity index (χ3v) is 5.72. The molecule has 0 amide bonds. The highest BCUT2D eigenvalue weighted by Gasteiger charge is 2.28. The van der Waals surface area contributed by atoms with Crippen molar-refractivity contribution in [1.29, 1.82) is 0 Å². The van der Waals surface area contributed by atoms with Crippen LogP contribution in [0.3, 0.4) is 0 Å². The van der Waals surface area contributed by atoms with Crippen molar-refractivity contribution in [3.05, 3.63) is 75.9 Å². The van der Waals surface area contributed by atoms with Gasteiger partial charge in [-0.05, 0) is 82.2 Å². The van der Waals surface area contributed by atoms with Crippen molar-refractivity contribution in [2.75, 3.05) is 0 Å². The topological polar surface area (TPSA) is 0 Å². The normalized spacial score (nSPS) is 14.7. The van der Waals surface area contributed by atoms with Gasteiger partial charge >= 0.3 is 0 Å². The number of benzene rings is 2. The molecule has 24 heavy (non-hydrogen) atoms. The Hall–Kier alpha value is -2.08. The van der Waals surface area contributed by atoms with Crippen molar-refractivity contribution in [2.45, 2.75) is 52.9 Å². The summed E-state index contributed by atoms with van der Waals surface area (Å²) in [6.45, 7) is 6.90. The summed E-state index contributed by atoms with van der Waals surface area (Å²) in [6, 6.07) is 9.40. The highest BCUT2D eigenvalue weighted by molar-refractivity contribution is 5.89. The van der Waals surface area contributed by atoms with Crippen LogP contribution in [0, 0.1) is 0 Å². The molecule has 0 heterocycles. The minimum Gasteiger partial charge on any atom is -0.0801 e. The Bertz CT molecular complexity index is 862. The van der Waals surface area contributed by atoms with Gasteiger partial charge in [-0.25, -0.2) is 0 Å². The lowest BCUT2D eigenvalue weighted by Gasteiger charge is -2.19. The van der Waals surface area contributed by atoms with Crippen molar-refractivity contribution >= 4 is 5.57 Å². The Morgan fingerprint density at radius 2 is 1.75 bits per heavy atom. The van der Waals surface area contributed by atoms with Crippen molar-refractivity contribution < 1.29 is 0 Å². The van der Waals surface area contributed by atoms with Gasteiger partial charge in [0.15, 0.2) is 0 Å². The van der Waals surface area contributed by atoms with Crippen molar-refractivity contribution in [3.8, 4) is 11.1 Å². The predicted molar refractivity (Wildman–Crippen MR) is 105 cm³/mol. The van der Waals surface area contributed by atoms with Gasteiger partial charge < -0.3 is 0 Å². The van der Waals surface area contributed by atoms with Crippen LogP contribution in [0.5, 0.6) is 0 Å². The maximum atomic E-state index is 2.49. The Morgan fingerprint density at radius 1 is 0.917 bits per heavy atom. The molecule has 0 nitrogen and oxygen atoms in total. The van der Waals surface area contributed by atoms with Gasteiger partial charge in [-0.3, -0.25) is 0 Å². The minimum absolute atomic E-state index is 1.08. The summed E-state index contributed by atoms with van der Waals surface area (Å²) in [5.41, 5.74) is 13.9. The van der Waals surface area contributed by atoms with Gasteiger partial charge in [0.2, 0.25) is 0 Å². The molecule has 2 aromatic rings. The first-order valence-electron chi connectivity index (χ1n) is 9.43. The van der Waals surface area contributed by atoms with Gasteiger partial charge in [-0.2, -0.15) is 0 Å². The second kappa shape index (κ2) is 6.09. The molecule has 2 aromatic carbocycles. The summed E-state index contributed by atoms with van der Waals surface area (Å²) >= 11 is 0. The first kappa shape index (κ1) is 15.4. The van der Waals surface area contributed by atoms with Crippen LogP contribution in [0.2, 0.25) is 0 Å². The number of rotatable bonds is 4. The Balaban J connectivity index is 2.04. The van der Waals surface area contributed by atoms with Gasteiger partial charge in [0.25, 0.3) is 0 Å². The van der Waals surface area contributed by atoms with Crippen LogP contribution in [0.15, 0.2) is 42.5 Å². The average Bonchev–Trinajstić information content (AvgIpc) is 3.27. The fourth-order valence-electron chi connectivity index (χ4n) is 4.57. The molecule has 0 spiro atoms. The molecule has 0 fully saturated rings. The molecular formula is C24H26. The number of allylic oxidation sites excluding steroid dienone is 4. The summed E-state index contributed by atoms with van der Waals surface area (Å²) < 4.78 is 0. The first-order valence-corrected chi connectivity index (χ1v) is 9.43. The fourth-order valence-corrected chi connectivity index (χ4v) is 4.57. The molecule has 0 unspecified atom stereocenters. The van der Waals surface area contributed by atoms with E-state index in [4.69, 9.17) is 0 Å². The summed E-state index contributed by atoms with van der Waals surface area (Å²) in [5, 5.41) is 0. The molecule has 0 saturated heterocycles. The van der Waals surface area contributed by atoms with Gasteiger partial charge in [-0.15, -0.1) is 0 Å². The number of aryl methyl sites for hydroxylation is 2. The summed E-state index contributed by atoms with van der Waals surface area (Å²) in [7, 11) is 0. The van der Waals surface area contributed by atoms with Gasteiger partial charge in [0.05, 0.1) is 0 Å².